The van der Waals surface area contributed by atoms with E-state index in [2.05, 4.69) is 15.0 Å². The molecule has 0 bridgehead atoms. The van der Waals surface area contributed by atoms with E-state index in [1.54, 1.807) is 6.33 Å². The van der Waals surface area contributed by atoms with E-state index in [4.69, 9.17) is 0 Å². The number of hydrogen-bond donors (Lipinski definition) is 0. The van der Waals surface area contributed by atoms with Crippen LogP contribution in [0, 0.1) is 11.8 Å². The van der Waals surface area contributed by atoms with E-state index in [1.807, 2.05) is 23.7 Å². The Morgan fingerprint density at radius 2 is 2.05 bits per heavy atom. The Hall–Kier alpha value is -1.43. The van der Waals surface area contributed by atoms with Crippen LogP contribution >= 0.6 is 0 Å². The Labute approximate surface area is 126 Å². The van der Waals surface area contributed by atoms with Crippen molar-refractivity contribution < 1.29 is 4.79 Å². The molecule has 6 heteroatoms. The van der Waals surface area contributed by atoms with Gasteiger partial charge in [0.1, 0.15) is 12.2 Å². The Bertz CT molecular complexity index is 488. The maximum Gasteiger partial charge on any atom is 0.225 e. The van der Waals surface area contributed by atoms with Crippen molar-refractivity contribution in [3.63, 3.8) is 0 Å². The van der Waals surface area contributed by atoms with Gasteiger partial charge in [0.2, 0.25) is 5.91 Å². The highest BCUT2D eigenvalue weighted by Gasteiger charge is 2.33. The van der Waals surface area contributed by atoms with E-state index in [9.17, 15) is 4.79 Å². The van der Waals surface area contributed by atoms with Crippen LogP contribution in [0.1, 0.15) is 31.5 Å². The van der Waals surface area contributed by atoms with E-state index in [-0.39, 0.29) is 0 Å². The number of aryl methyl sites for hydroxylation is 1. The maximum atomic E-state index is 12.0. The van der Waals surface area contributed by atoms with Crippen LogP contribution in [0.15, 0.2) is 6.33 Å². The summed E-state index contributed by atoms with van der Waals surface area (Å²) in [5.74, 6) is 2.37. The summed E-state index contributed by atoms with van der Waals surface area (Å²) in [7, 11) is 3.90. The predicted molar refractivity (Wildman–Crippen MR) is 79.4 cm³/mol. The van der Waals surface area contributed by atoms with Crippen molar-refractivity contribution in [1.29, 1.82) is 0 Å². The summed E-state index contributed by atoms with van der Waals surface area (Å²) in [4.78, 5) is 20.7. The Morgan fingerprint density at radius 3 is 2.62 bits per heavy atom. The van der Waals surface area contributed by atoms with Gasteiger partial charge >= 0.3 is 0 Å². The summed E-state index contributed by atoms with van der Waals surface area (Å²) in [5.41, 5.74) is 0. The van der Waals surface area contributed by atoms with E-state index in [0.29, 0.717) is 17.7 Å². The number of carbonyl (C=O) groups is 1. The predicted octanol–water partition coefficient (Wildman–Crippen LogP) is 0.895. The molecule has 1 saturated heterocycles. The van der Waals surface area contributed by atoms with Crippen LogP contribution in [0.5, 0.6) is 0 Å². The zero-order valence-corrected chi connectivity index (χ0v) is 13.0. The fourth-order valence-corrected chi connectivity index (χ4v) is 3.11. The summed E-state index contributed by atoms with van der Waals surface area (Å²) in [6.07, 6.45) is 6.14. The van der Waals surface area contributed by atoms with Gasteiger partial charge in [-0.3, -0.25) is 14.4 Å². The lowest BCUT2D eigenvalue weighted by molar-refractivity contribution is -0.132. The zero-order chi connectivity index (χ0) is 14.8. The summed E-state index contributed by atoms with van der Waals surface area (Å²) < 4.78 is 1.84. The molecule has 0 N–H and O–H groups in total. The number of carbonyl (C=O) groups excluding carboxylic acids is 1. The molecule has 116 valence electrons. The highest BCUT2D eigenvalue weighted by molar-refractivity contribution is 5.80. The average molecular weight is 291 g/mol. The van der Waals surface area contributed by atoms with Crippen molar-refractivity contribution in [1.82, 2.24) is 24.6 Å². The molecule has 1 aliphatic carbocycles. The summed E-state index contributed by atoms with van der Waals surface area (Å²) in [5, 5.41) is 4.11. The monoisotopic (exact) mass is 291 g/mol. The lowest BCUT2D eigenvalue weighted by Gasteiger charge is -2.33. The standard InChI is InChI=1S/C15H25N5O/c1-18(15(21)13-3-4-13)9-12-5-7-20(8-6-12)10-14-16-11-17-19(14)2/h11-13H,3-10H2,1-2H3. The second kappa shape index (κ2) is 6.13. The highest BCUT2D eigenvalue weighted by Crippen LogP contribution is 2.31. The van der Waals surface area contributed by atoms with Gasteiger partial charge < -0.3 is 4.90 Å². The Balaban J connectivity index is 1.42. The molecule has 0 atom stereocenters. The minimum absolute atomic E-state index is 0.339. The third-order valence-corrected chi connectivity index (χ3v) is 4.71. The van der Waals surface area contributed by atoms with Crippen molar-refractivity contribution >= 4 is 5.91 Å². The van der Waals surface area contributed by atoms with Crippen molar-refractivity contribution in [2.75, 3.05) is 26.7 Å². The quantitative estimate of drug-likeness (QED) is 0.809. The van der Waals surface area contributed by atoms with Gasteiger partial charge in [0, 0.05) is 26.6 Å². The minimum atomic E-state index is 0.339. The molecule has 1 amide bonds. The van der Waals surface area contributed by atoms with Crippen molar-refractivity contribution in [2.24, 2.45) is 18.9 Å². The molecule has 21 heavy (non-hydrogen) atoms. The molecule has 3 rings (SSSR count). The van der Waals surface area contributed by atoms with Crippen molar-refractivity contribution in [3.8, 4) is 0 Å². The number of piperidine rings is 1. The second-order valence-electron chi connectivity index (χ2n) is 6.51. The van der Waals surface area contributed by atoms with Gasteiger partial charge in [0.15, 0.2) is 0 Å². The van der Waals surface area contributed by atoms with Gasteiger partial charge in [-0.05, 0) is 44.7 Å². The number of likely N-dealkylation sites (tertiary alicyclic amines) is 1. The molecule has 0 aromatic carbocycles. The molecule has 0 unspecified atom stereocenters. The van der Waals surface area contributed by atoms with E-state index < -0.39 is 0 Å². The highest BCUT2D eigenvalue weighted by atomic mass is 16.2. The molecule has 1 aliphatic heterocycles. The maximum absolute atomic E-state index is 12.0. The lowest BCUT2D eigenvalue weighted by Crippen LogP contribution is -2.39. The van der Waals surface area contributed by atoms with Crippen LogP contribution in [-0.4, -0.2) is 57.2 Å². The normalized spacial score (nSPS) is 20.7. The first-order valence-electron chi connectivity index (χ1n) is 7.93. The van der Waals surface area contributed by atoms with Crippen LogP contribution in [0.25, 0.3) is 0 Å². The van der Waals surface area contributed by atoms with Gasteiger partial charge in [-0.15, -0.1) is 0 Å². The molecule has 0 spiro atoms. The molecule has 0 radical (unpaired) electrons. The molecule has 2 heterocycles. The first-order chi connectivity index (χ1) is 10.1. The van der Waals surface area contributed by atoms with Gasteiger partial charge in [-0.2, -0.15) is 5.10 Å². The number of nitrogens with zero attached hydrogens (tertiary/aromatic N) is 5. The van der Waals surface area contributed by atoms with Crippen LogP contribution < -0.4 is 0 Å². The SMILES string of the molecule is CN(CC1CCN(Cc2ncnn2C)CC1)C(=O)C1CC1. The average Bonchev–Trinajstić information content (AvgIpc) is 3.25. The first kappa shape index (κ1) is 14.5. The minimum Gasteiger partial charge on any atom is -0.345 e. The first-order valence-corrected chi connectivity index (χ1v) is 7.93. The molecule has 1 saturated carbocycles. The fraction of sp³-hybridized carbons (Fsp3) is 0.800. The van der Waals surface area contributed by atoms with Crippen molar-refractivity contribution in [2.45, 2.75) is 32.2 Å². The molecule has 1 aromatic rings. The van der Waals surface area contributed by atoms with Gasteiger partial charge in [-0.1, -0.05) is 0 Å². The Kier molecular flexibility index (Phi) is 4.24. The number of hydrogen-bond acceptors (Lipinski definition) is 4. The Morgan fingerprint density at radius 1 is 1.33 bits per heavy atom. The summed E-state index contributed by atoms with van der Waals surface area (Å²) >= 11 is 0. The number of aromatic nitrogens is 3. The number of amides is 1. The van der Waals surface area contributed by atoms with Crippen LogP contribution in [-0.2, 0) is 18.4 Å². The largest absolute Gasteiger partial charge is 0.345 e. The van der Waals surface area contributed by atoms with Gasteiger partial charge in [0.25, 0.3) is 0 Å². The second-order valence-corrected chi connectivity index (χ2v) is 6.51. The molecule has 6 nitrogen and oxygen atoms in total. The van der Waals surface area contributed by atoms with Crippen molar-refractivity contribution in [3.05, 3.63) is 12.2 Å². The molecular formula is C15H25N5O. The lowest BCUT2D eigenvalue weighted by atomic mass is 9.96. The van der Waals surface area contributed by atoms with E-state index in [0.717, 1.165) is 44.8 Å². The zero-order valence-electron chi connectivity index (χ0n) is 13.0. The molecule has 2 fully saturated rings. The fourth-order valence-electron chi connectivity index (χ4n) is 3.11. The number of rotatable bonds is 5. The van der Waals surface area contributed by atoms with Crippen LogP contribution in [0.2, 0.25) is 0 Å². The third kappa shape index (κ3) is 3.61. The smallest absolute Gasteiger partial charge is 0.225 e. The third-order valence-electron chi connectivity index (χ3n) is 4.71. The molecule has 2 aliphatic rings. The van der Waals surface area contributed by atoms with Crippen LogP contribution in [0.3, 0.4) is 0 Å². The summed E-state index contributed by atoms with van der Waals surface area (Å²) in [6.45, 7) is 3.97. The van der Waals surface area contributed by atoms with Gasteiger partial charge in [0.05, 0.1) is 6.54 Å². The van der Waals surface area contributed by atoms with Gasteiger partial charge in [-0.25, -0.2) is 4.98 Å². The van der Waals surface area contributed by atoms with E-state index in [1.165, 1.54) is 12.8 Å². The molecule has 1 aromatic heterocycles. The van der Waals surface area contributed by atoms with E-state index >= 15 is 0 Å². The molecular weight excluding hydrogens is 266 g/mol. The summed E-state index contributed by atoms with van der Waals surface area (Å²) in [6, 6.07) is 0. The van der Waals surface area contributed by atoms with Crippen LogP contribution in [0.4, 0.5) is 0 Å². The topological polar surface area (TPSA) is 54.3 Å².